The number of nitrogens with zero attached hydrogens (tertiary/aromatic N) is 4. The molecule has 2 heterocycles. The first kappa shape index (κ1) is 19.6. The molecule has 7 nitrogen and oxygen atoms in total. The highest BCUT2D eigenvalue weighted by Crippen LogP contribution is 2.24. The second kappa shape index (κ2) is 7.82. The first-order valence-electron chi connectivity index (χ1n) is 9.02. The minimum absolute atomic E-state index is 0.237. The van der Waals surface area contributed by atoms with Crippen molar-refractivity contribution in [3.8, 4) is 5.88 Å². The van der Waals surface area contributed by atoms with E-state index in [1.807, 2.05) is 45.0 Å². The fourth-order valence-electron chi connectivity index (χ4n) is 3.03. The zero-order chi connectivity index (χ0) is 19.6. The van der Waals surface area contributed by atoms with Gasteiger partial charge in [-0.1, -0.05) is 6.07 Å². The highest BCUT2D eigenvalue weighted by atomic mass is 32.2. The van der Waals surface area contributed by atoms with Gasteiger partial charge in [0.2, 0.25) is 15.9 Å². The van der Waals surface area contributed by atoms with E-state index < -0.39 is 10.0 Å². The normalized spacial score (nSPS) is 18.3. The fraction of sp³-hybridized carbons (Fsp3) is 0.474. The van der Waals surface area contributed by atoms with Crippen molar-refractivity contribution in [3.05, 3.63) is 41.5 Å². The molecule has 146 valence electrons. The molecule has 8 heteroatoms. The maximum absolute atomic E-state index is 13.0. The molecule has 2 aromatic rings. The smallest absolute Gasteiger partial charge is 0.243 e. The highest BCUT2D eigenvalue weighted by molar-refractivity contribution is 7.89. The molecule has 1 aliphatic rings. The topological polar surface area (TPSA) is 75.6 Å². The quantitative estimate of drug-likeness (QED) is 0.780. The highest BCUT2D eigenvalue weighted by Gasteiger charge is 2.31. The van der Waals surface area contributed by atoms with Crippen LogP contribution >= 0.6 is 0 Å². The van der Waals surface area contributed by atoms with Gasteiger partial charge in [-0.05, 0) is 56.0 Å². The van der Waals surface area contributed by atoms with Crippen molar-refractivity contribution < 1.29 is 13.2 Å². The van der Waals surface area contributed by atoms with Crippen molar-refractivity contribution in [1.29, 1.82) is 0 Å². The van der Waals surface area contributed by atoms with Crippen molar-refractivity contribution in [3.63, 3.8) is 0 Å². The van der Waals surface area contributed by atoms with Crippen LogP contribution < -0.4 is 9.64 Å². The second-order valence-electron chi connectivity index (χ2n) is 7.12. The van der Waals surface area contributed by atoms with Crippen molar-refractivity contribution in [2.45, 2.75) is 37.7 Å². The lowest BCUT2D eigenvalue weighted by atomic mass is 10.1. The number of anilines is 1. The fourth-order valence-corrected chi connectivity index (χ4v) is 4.62. The Morgan fingerprint density at radius 2 is 1.89 bits per heavy atom. The number of piperidine rings is 1. The minimum Gasteiger partial charge on any atom is -0.472 e. The molecule has 1 saturated heterocycles. The summed E-state index contributed by atoms with van der Waals surface area (Å²) in [5.74, 6) is 1.15. The van der Waals surface area contributed by atoms with Crippen LogP contribution in [0.3, 0.4) is 0 Å². The lowest BCUT2D eigenvalue weighted by Crippen LogP contribution is -2.44. The average molecular weight is 391 g/mol. The predicted molar refractivity (Wildman–Crippen MR) is 105 cm³/mol. The monoisotopic (exact) mass is 390 g/mol. The molecular formula is C19H26N4O3S. The van der Waals surface area contributed by atoms with Crippen LogP contribution in [0.15, 0.2) is 35.2 Å². The van der Waals surface area contributed by atoms with Crippen LogP contribution in [0, 0.1) is 13.8 Å². The van der Waals surface area contributed by atoms with Crippen molar-refractivity contribution in [2.75, 3.05) is 32.1 Å². The summed E-state index contributed by atoms with van der Waals surface area (Å²) in [5.41, 5.74) is 2.05. The largest absolute Gasteiger partial charge is 0.472 e. The van der Waals surface area contributed by atoms with Crippen LogP contribution in [-0.2, 0) is 10.0 Å². The van der Waals surface area contributed by atoms with Gasteiger partial charge in [0.05, 0.1) is 11.4 Å². The van der Waals surface area contributed by atoms with Crippen LogP contribution in [0.25, 0.3) is 0 Å². The third-order valence-corrected chi connectivity index (χ3v) is 6.69. The number of benzene rings is 1. The molecule has 27 heavy (non-hydrogen) atoms. The first-order chi connectivity index (χ1) is 12.8. The summed E-state index contributed by atoms with van der Waals surface area (Å²) >= 11 is 0. The Hall–Kier alpha value is -2.19. The van der Waals surface area contributed by atoms with Gasteiger partial charge in [-0.25, -0.2) is 8.42 Å². The van der Waals surface area contributed by atoms with Gasteiger partial charge < -0.3 is 9.64 Å². The summed E-state index contributed by atoms with van der Waals surface area (Å²) in [6.45, 7) is 4.71. The molecular weight excluding hydrogens is 364 g/mol. The Morgan fingerprint density at radius 1 is 1.11 bits per heavy atom. The number of aromatic nitrogens is 2. The number of hydrogen-bond donors (Lipinski definition) is 0. The van der Waals surface area contributed by atoms with Crippen molar-refractivity contribution in [2.24, 2.45) is 0 Å². The molecule has 1 fully saturated rings. The van der Waals surface area contributed by atoms with E-state index in [1.165, 1.54) is 4.31 Å². The Labute approximate surface area is 161 Å². The van der Waals surface area contributed by atoms with Gasteiger partial charge in [0.25, 0.3) is 0 Å². The number of sulfonamides is 1. The standard InChI is InChI=1S/C19H26N4O3S/c1-14-7-8-17(12-15(14)2)27(24,25)23-11-5-6-16(13-23)26-19-10-9-18(20-21-19)22(3)4/h7-10,12,16H,5-6,11,13H2,1-4H3. The summed E-state index contributed by atoms with van der Waals surface area (Å²) in [6.07, 6.45) is 1.30. The van der Waals surface area contributed by atoms with Gasteiger partial charge in [0.15, 0.2) is 5.82 Å². The summed E-state index contributed by atoms with van der Waals surface area (Å²) in [6, 6.07) is 8.85. The third-order valence-electron chi connectivity index (χ3n) is 4.83. The number of aryl methyl sites for hydroxylation is 2. The molecule has 0 bridgehead atoms. The Morgan fingerprint density at radius 3 is 2.52 bits per heavy atom. The zero-order valence-electron chi connectivity index (χ0n) is 16.2. The van der Waals surface area contributed by atoms with E-state index in [9.17, 15) is 8.42 Å². The summed E-state index contributed by atoms with van der Waals surface area (Å²) in [7, 11) is 0.246. The van der Waals surface area contributed by atoms with Gasteiger partial charge in [-0.15, -0.1) is 10.2 Å². The molecule has 0 N–H and O–H groups in total. The summed E-state index contributed by atoms with van der Waals surface area (Å²) in [5, 5.41) is 8.17. The molecule has 0 aliphatic carbocycles. The Kier molecular flexibility index (Phi) is 5.67. The number of hydrogen-bond acceptors (Lipinski definition) is 6. The molecule has 1 aliphatic heterocycles. The van der Waals surface area contributed by atoms with E-state index in [0.717, 1.165) is 29.8 Å². The zero-order valence-corrected chi connectivity index (χ0v) is 17.0. The van der Waals surface area contributed by atoms with E-state index in [1.54, 1.807) is 18.2 Å². The maximum atomic E-state index is 13.0. The van der Waals surface area contributed by atoms with Gasteiger partial charge in [-0.3, -0.25) is 0 Å². The van der Waals surface area contributed by atoms with Gasteiger partial charge in [0, 0.05) is 26.7 Å². The molecule has 1 unspecified atom stereocenters. The van der Waals surface area contributed by atoms with Crippen LogP contribution in [0.1, 0.15) is 24.0 Å². The third kappa shape index (κ3) is 4.39. The summed E-state index contributed by atoms with van der Waals surface area (Å²) < 4.78 is 33.4. The van der Waals surface area contributed by atoms with E-state index in [2.05, 4.69) is 10.2 Å². The second-order valence-corrected chi connectivity index (χ2v) is 9.05. The number of rotatable bonds is 5. The van der Waals surface area contributed by atoms with E-state index in [-0.39, 0.29) is 6.10 Å². The maximum Gasteiger partial charge on any atom is 0.243 e. The molecule has 1 atom stereocenters. The van der Waals surface area contributed by atoms with Crippen LogP contribution in [0.2, 0.25) is 0 Å². The summed E-state index contributed by atoms with van der Waals surface area (Å²) in [4.78, 5) is 2.19. The molecule has 0 saturated carbocycles. The SMILES string of the molecule is Cc1ccc(S(=O)(=O)N2CCCC(Oc3ccc(N(C)C)nn3)C2)cc1C. The van der Waals surface area contributed by atoms with Gasteiger partial charge >= 0.3 is 0 Å². The molecule has 1 aromatic carbocycles. The lowest BCUT2D eigenvalue weighted by Gasteiger charge is -2.31. The molecule has 0 spiro atoms. The van der Waals surface area contributed by atoms with Gasteiger partial charge in [-0.2, -0.15) is 4.31 Å². The molecule has 3 rings (SSSR count). The van der Waals surface area contributed by atoms with E-state index in [4.69, 9.17) is 4.74 Å². The number of ether oxygens (including phenoxy) is 1. The van der Waals surface area contributed by atoms with E-state index >= 15 is 0 Å². The average Bonchev–Trinajstić information content (AvgIpc) is 2.64. The minimum atomic E-state index is -3.53. The Balaban J connectivity index is 1.72. The lowest BCUT2D eigenvalue weighted by molar-refractivity contribution is 0.123. The van der Waals surface area contributed by atoms with Crippen LogP contribution in [0.5, 0.6) is 5.88 Å². The van der Waals surface area contributed by atoms with Crippen LogP contribution in [-0.4, -0.2) is 56.2 Å². The van der Waals surface area contributed by atoms with E-state index in [0.29, 0.717) is 23.9 Å². The van der Waals surface area contributed by atoms with Crippen molar-refractivity contribution >= 4 is 15.8 Å². The van der Waals surface area contributed by atoms with Crippen molar-refractivity contribution in [1.82, 2.24) is 14.5 Å². The molecule has 0 amide bonds. The van der Waals surface area contributed by atoms with Crippen LogP contribution in [0.4, 0.5) is 5.82 Å². The Bertz CT molecular complexity index is 898. The molecule has 1 aromatic heterocycles. The first-order valence-corrected chi connectivity index (χ1v) is 10.5. The predicted octanol–water partition coefficient (Wildman–Crippen LogP) is 2.39. The molecule has 0 radical (unpaired) electrons. The van der Waals surface area contributed by atoms with Gasteiger partial charge in [0.1, 0.15) is 6.10 Å².